The van der Waals surface area contributed by atoms with Crippen LogP contribution < -0.4 is 9.80 Å². The van der Waals surface area contributed by atoms with Gasteiger partial charge in [-0.1, -0.05) is 30.7 Å². The molecular weight excluding hydrogens is 519 g/mol. The van der Waals surface area contributed by atoms with Crippen LogP contribution in [-0.4, -0.2) is 36.4 Å². The SMILES string of the molecule is CC1CC12C(=O)N(c1ccc(S(=O)(=O)C(F)(F)F)cc1)C(=O)N2c1ccncc1-c1cccc(Cl)c1. The van der Waals surface area contributed by atoms with Gasteiger partial charge in [-0.15, -0.1) is 0 Å². The lowest BCUT2D eigenvalue weighted by atomic mass is 10.0. The second-order valence-corrected chi connectivity index (χ2v) is 11.0. The van der Waals surface area contributed by atoms with Crippen LogP contribution in [0, 0.1) is 5.92 Å². The highest BCUT2D eigenvalue weighted by Crippen LogP contribution is 2.56. The number of anilines is 2. The number of imide groups is 1. The maximum absolute atomic E-state index is 13.7. The van der Waals surface area contributed by atoms with E-state index in [2.05, 4.69) is 4.98 Å². The van der Waals surface area contributed by atoms with Crippen molar-refractivity contribution in [2.24, 2.45) is 5.92 Å². The molecule has 3 aromatic rings. The van der Waals surface area contributed by atoms with Gasteiger partial charge in [0.25, 0.3) is 15.7 Å². The van der Waals surface area contributed by atoms with Gasteiger partial charge in [-0.2, -0.15) is 13.2 Å². The summed E-state index contributed by atoms with van der Waals surface area (Å²) in [5.41, 5.74) is -5.03. The van der Waals surface area contributed by atoms with Crippen LogP contribution in [0.15, 0.2) is 71.9 Å². The molecule has 1 aliphatic heterocycles. The Morgan fingerprint density at radius 3 is 2.33 bits per heavy atom. The number of hydrogen-bond acceptors (Lipinski definition) is 5. The first kappa shape index (κ1) is 24.3. The number of urea groups is 1. The molecule has 2 fully saturated rings. The molecule has 186 valence electrons. The second-order valence-electron chi connectivity index (χ2n) is 8.63. The van der Waals surface area contributed by atoms with Crippen molar-refractivity contribution in [1.82, 2.24) is 4.98 Å². The Bertz CT molecular complexity index is 1510. The van der Waals surface area contributed by atoms with Crippen LogP contribution in [-0.2, 0) is 14.6 Å². The van der Waals surface area contributed by atoms with E-state index in [0.717, 1.165) is 29.2 Å². The first-order valence-electron chi connectivity index (χ1n) is 10.7. The predicted molar refractivity (Wildman–Crippen MR) is 126 cm³/mol. The van der Waals surface area contributed by atoms with Gasteiger partial charge in [-0.25, -0.2) is 18.1 Å². The minimum absolute atomic E-state index is 0.0366. The van der Waals surface area contributed by atoms with Crippen LogP contribution in [0.2, 0.25) is 5.02 Å². The minimum Gasteiger partial charge on any atom is -0.277 e. The summed E-state index contributed by atoms with van der Waals surface area (Å²) < 4.78 is 62.2. The molecule has 1 spiro atoms. The average Bonchev–Trinajstić information content (AvgIpc) is 3.44. The lowest BCUT2D eigenvalue weighted by molar-refractivity contribution is -0.119. The molecule has 12 heteroatoms. The fraction of sp³-hybridized carbons (Fsp3) is 0.208. The zero-order valence-electron chi connectivity index (χ0n) is 18.5. The summed E-state index contributed by atoms with van der Waals surface area (Å²) in [6.45, 7) is 1.82. The van der Waals surface area contributed by atoms with E-state index in [9.17, 15) is 31.2 Å². The summed E-state index contributed by atoms with van der Waals surface area (Å²) in [5.74, 6) is -0.732. The number of hydrogen-bond donors (Lipinski definition) is 0. The van der Waals surface area contributed by atoms with E-state index in [-0.39, 0.29) is 11.6 Å². The van der Waals surface area contributed by atoms with E-state index in [1.54, 1.807) is 36.5 Å². The number of rotatable bonds is 4. The van der Waals surface area contributed by atoms with E-state index >= 15 is 0 Å². The largest absolute Gasteiger partial charge is 0.501 e. The smallest absolute Gasteiger partial charge is 0.277 e. The summed E-state index contributed by atoms with van der Waals surface area (Å²) in [4.78, 5) is 32.7. The third kappa shape index (κ3) is 3.48. The van der Waals surface area contributed by atoms with E-state index in [1.165, 1.54) is 11.1 Å². The van der Waals surface area contributed by atoms with Crippen molar-refractivity contribution in [3.05, 3.63) is 72.0 Å². The first-order valence-corrected chi connectivity index (χ1v) is 12.6. The van der Waals surface area contributed by atoms with Crippen LogP contribution in [0.4, 0.5) is 29.3 Å². The van der Waals surface area contributed by atoms with E-state index < -0.39 is 37.7 Å². The molecule has 1 aromatic heterocycles. The number of carbonyl (C=O) groups is 2. The average molecular weight is 536 g/mol. The van der Waals surface area contributed by atoms with Gasteiger partial charge in [0.15, 0.2) is 0 Å². The standard InChI is InChI=1S/C24H17ClF3N3O4S/c1-14-12-23(14)21(32)30(17-5-7-18(8-6-17)36(34,35)24(26,27)28)22(33)31(23)20-9-10-29-13-19(20)15-3-2-4-16(25)11-15/h2-11,13-14H,12H2,1H3. The van der Waals surface area contributed by atoms with Crippen molar-refractivity contribution < 1.29 is 31.2 Å². The van der Waals surface area contributed by atoms with Crippen LogP contribution in [0.3, 0.4) is 0 Å². The number of amides is 3. The van der Waals surface area contributed by atoms with Crippen LogP contribution in [0.25, 0.3) is 11.1 Å². The third-order valence-corrected chi connectivity index (χ3v) is 8.25. The summed E-state index contributed by atoms with van der Waals surface area (Å²) in [7, 11) is -5.57. The van der Waals surface area contributed by atoms with E-state index in [4.69, 9.17) is 11.6 Å². The molecule has 2 unspecified atom stereocenters. The highest BCUT2D eigenvalue weighted by molar-refractivity contribution is 7.92. The van der Waals surface area contributed by atoms with Gasteiger partial charge in [-0.3, -0.25) is 14.7 Å². The maximum Gasteiger partial charge on any atom is 0.501 e. The van der Waals surface area contributed by atoms with Crippen molar-refractivity contribution in [2.75, 3.05) is 9.80 Å². The predicted octanol–water partition coefficient (Wildman–Crippen LogP) is 5.45. The maximum atomic E-state index is 13.7. The number of sulfone groups is 1. The normalized spacial score (nSPS) is 22.0. The van der Waals surface area contributed by atoms with E-state index in [0.29, 0.717) is 28.3 Å². The zero-order chi connectivity index (χ0) is 26.0. The molecule has 2 atom stereocenters. The van der Waals surface area contributed by atoms with E-state index in [1.807, 2.05) is 6.92 Å². The third-order valence-electron chi connectivity index (χ3n) is 6.51. The second kappa shape index (κ2) is 8.04. The van der Waals surface area contributed by atoms with Crippen LogP contribution in [0.5, 0.6) is 0 Å². The number of alkyl halides is 3. The molecule has 2 aromatic carbocycles. The van der Waals surface area contributed by atoms with Gasteiger partial charge in [0.05, 0.1) is 16.3 Å². The summed E-state index contributed by atoms with van der Waals surface area (Å²) in [6, 6.07) is 11.3. The van der Waals surface area contributed by atoms with Crippen LogP contribution in [0.1, 0.15) is 13.3 Å². The van der Waals surface area contributed by atoms with Crippen molar-refractivity contribution in [3.8, 4) is 11.1 Å². The quantitative estimate of drug-likeness (QED) is 0.415. The fourth-order valence-corrected chi connectivity index (χ4v) is 5.53. The van der Waals surface area contributed by atoms with Crippen LogP contribution >= 0.6 is 11.6 Å². The van der Waals surface area contributed by atoms with Gasteiger partial charge >= 0.3 is 11.5 Å². The van der Waals surface area contributed by atoms with Gasteiger partial charge in [0.2, 0.25) is 0 Å². The van der Waals surface area contributed by atoms with Crippen molar-refractivity contribution in [2.45, 2.75) is 29.3 Å². The zero-order valence-corrected chi connectivity index (χ0v) is 20.1. The van der Waals surface area contributed by atoms with Gasteiger partial charge < -0.3 is 0 Å². The number of pyridine rings is 1. The summed E-state index contributed by atoms with van der Waals surface area (Å²) >= 11 is 6.15. The number of aromatic nitrogens is 1. The molecule has 0 N–H and O–H groups in total. The molecule has 0 radical (unpaired) electrons. The molecule has 3 amide bonds. The Labute approximate surface area is 209 Å². The Morgan fingerprint density at radius 2 is 1.75 bits per heavy atom. The van der Waals surface area contributed by atoms with Crippen molar-refractivity contribution >= 4 is 44.8 Å². The van der Waals surface area contributed by atoms with Crippen molar-refractivity contribution in [3.63, 3.8) is 0 Å². The Balaban J connectivity index is 1.58. The topological polar surface area (TPSA) is 87.7 Å². The Morgan fingerprint density at radius 1 is 1.08 bits per heavy atom. The highest BCUT2D eigenvalue weighted by Gasteiger charge is 2.70. The number of halogens is 4. The molecular formula is C24H17ClF3N3O4S. The van der Waals surface area contributed by atoms with Gasteiger partial charge in [0, 0.05) is 23.0 Å². The molecule has 1 saturated heterocycles. The lowest BCUT2D eigenvalue weighted by Gasteiger charge is -2.25. The Hall–Kier alpha value is -3.44. The monoisotopic (exact) mass is 535 g/mol. The molecule has 36 heavy (non-hydrogen) atoms. The number of carbonyl (C=O) groups excluding carboxylic acids is 2. The van der Waals surface area contributed by atoms with Crippen molar-refractivity contribution in [1.29, 1.82) is 0 Å². The number of nitrogens with zero attached hydrogens (tertiary/aromatic N) is 3. The summed E-state index contributed by atoms with van der Waals surface area (Å²) in [6.07, 6.45) is 3.42. The molecule has 7 nitrogen and oxygen atoms in total. The first-order chi connectivity index (χ1) is 16.9. The minimum atomic E-state index is -5.57. The highest BCUT2D eigenvalue weighted by atomic mass is 35.5. The molecule has 1 aliphatic carbocycles. The molecule has 1 saturated carbocycles. The molecule has 0 bridgehead atoms. The number of benzene rings is 2. The fourth-order valence-electron chi connectivity index (χ4n) is 4.58. The Kier molecular flexibility index (Phi) is 5.42. The van der Waals surface area contributed by atoms with Gasteiger partial charge in [-0.05, 0) is 60.4 Å². The molecule has 2 heterocycles. The molecule has 2 aliphatic rings. The van der Waals surface area contributed by atoms with Gasteiger partial charge in [0.1, 0.15) is 5.54 Å². The summed E-state index contributed by atoms with van der Waals surface area (Å²) in [5, 5.41) is 0.469. The lowest BCUT2D eigenvalue weighted by Crippen LogP contribution is -2.39. The molecule has 5 rings (SSSR count).